The van der Waals surface area contributed by atoms with Crippen molar-refractivity contribution in [3.8, 4) is 0 Å². The fourth-order valence-corrected chi connectivity index (χ4v) is 21.2. The van der Waals surface area contributed by atoms with Crippen LogP contribution in [0.1, 0.15) is 72.6 Å². The van der Waals surface area contributed by atoms with Gasteiger partial charge in [-0.15, -0.1) is 0 Å². The van der Waals surface area contributed by atoms with Crippen molar-refractivity contribution in [1.29, 1.82) is 0 Å². The fraction of sp³-hybridized carbons (Fsp3) is 0.842. The number of ether oxygens (including phenoxy) is 1. The zero-order chi connectivity index (χ0) is 16.8. The van der Waals surface area contributed by atoms with Crippen LogP contribution in [0.5, 0.6) is 0 Å². The predicted octanol–water partition coefficient (Wildman–Crippen LogP) is 6.34. The first-order valence-electron chi connectivity index (χ1n) is 9.39. The van der Waals surface area contributed by atoms with E-state index in [4.69, 9.17) is 4.74 Å². The first kappa shape index (κ1) is 22.0. The molecule has 0 amide bonds. The zero-order valence-corrected chi connectivity index (χ0v) is 18.3. The van der Waals surface area contributed by atoms with Gasteiger partial charge < -0.3 is 0 Å². The van der Waals surface area contributed by atoms with Crippen LogP contribution in [0.25, 0.3) is 0 Å². The summed E-state index contributed by atoms with van der Waals surface area (Å²) in [5, 5.41) is 0. The van der Waals surface area contributed by atoms with Crippen LogP contribution < -0.4 is 0 Å². The molecule has 0 fully saturated rings. The second kappa shape index (κ2) is 13.4. The van der Waals surface area contributed by atoms with Crippen molar-refractivity contribution < 1.29 is 9.53 Å². The van der Waals surface area contributed by atoms with E-state index in [1.807, 2.05) is 13.0 Å². The van der Waals surface area contributed by atoms with Crippen molar-refractivity contribution in [2.45, 2.75) is 89.9 Å². The molecule has 0 bridgehead atoms. The van der Waals surface area contributed by atoms with Gasteiger partial charge in [-0.1, -0.05) is 0 Å². The van der Waals surface area contributed by atoms with Gasteiger partial charge in [0, 0.05) is 0 Å². The molecule has 2 nitrogen and oxygen atoms in total. The van der Waals surface area contributed by atoms with Crippen LogP contribution in [0.4, 0.5) is 0 Å². The van der Waals surface area contributed by atoms with Gasteiger partial charge in [0.1, 0.15) is 0 Å². The summed E-state index contributed by atoms with van der Waals surface area (Å²) in [6.45, 7) is 13.1. The first-order valence-corrected chi connectivity index (χ1v) is 17.1. The average molecular weight is 417 g/mol. The van der Waals surface area contributed by atoms with E-state index in [0.29, 0.717) is 6.61 Å². The molecule has 0 radical (unpaired) electrons. The van der Waals surface area contributed by atoms with Gasteiger partial charge in [-0.05, 0) is 0 Å². The Morgan fingerprint density at radius 2 is 1.45 bits per heavy atom. The van der Waals surface area contributed by atoms with Gasteiger partial charge in [0.2, 0.25) is 0 Å². The number of allylic oxidation sites excluding steroid dienone is 1. The molecule has 0 aromatic carbocycles. The van der Waals surface area contributed by atoms with E-state index < -0.39 is 18.4 Å². The van der Waals surface area contributed by atoms with E-state index in [1.165, 1.54) is 51.8 Å². The second-order valence-electron chi connectivity index (χ2n) is 6.50. The van der Waals surface area contributed by atoms with Crippen LogP contribution in [0, 0.1) is 0 Å². The topological polar surface area (TPSA) is 26.3 Å². The molecule has 0 aliphatic rings. The molecule has 22 heavy (non-hydrogen) atoms. The van der Waals surface area contributed by atoms with Crippen LogP contribution in [0.15, 0.2) is 12.7 Å². The molecular weight excluding hydrogens is 379 g/mol. The number of carbonyl (C=O) groups is 1. The van der Waals surface area contributed by atoms with Crippen LogP contribution in [0.3, 0.4) is 0 Å². The molecule has 0 aliphatic heterocycles. The fourth-order valence-electron chi connectivity index (χ4n) is 3.49. The van der Waals surface area contributed by atoms with Gasteiger partial charge in [0.25, 0.3) is 0 Å². The van der Waals surface area contributed by atoms with E-state index in [-0.39, 0.29) is 9.90 Å². The van der Waals surface area contributed by atoms with Crippen LogP contribution in [-0.2, 0) is 9.53 Å². The van der Waals surface area contributed by atoms with Crippen molar-refractivity contribution in [1.82, 2.24) is 0 Å². The first-order chi connectivity index (χ1) is 10.6. The molecule has 0 spiro atoms. The summed E-state index contributed by atoms with van der Waals surface area (Å²) in [5.41, 5.74) is 0. The molecule has 0 rings (SSSR count). The molecular formula is C19H38O2Sn. The summed E-state index contributed by atoms with van der Waals surface area (Å²) in [6, 6.07) is 0. The molecule has 3 heteroatoms. The Kier molecular flexibility index (Phi) is 13.5. The minimum absolute atomic E-state index is 0.0847. The summed E-state index contributed by atoms with van der Waals surface area (Å²) >= 11 is -2.55. The predicted molar refractivity (Wildman–Crippen MR) is 100 cm³/mol. The number of unbranched alkanes of at least 4 members (excludes halogenated alkanes) is 3. The molecule has 0 heterocycles. The monoisotopic (exact) mass is 418 g/mol. The Bertz CT molecular complexity index is 280. The van der Waals surface area contributed by atoms with Crippen molar-refractivity contribution in [3.63, 3.8) is 0 Å². The molecule has 1 atom stereocenters. The Labute approximate surface area is 143 Å². The standard InChI is InChI=1S/C7H11O2.3C4H9.Sn/c1-3-5-6-7(8)9-4-2;3*1-3-4-2;/h3,6H,1,4-5H2,2H3;3*1,3-4H2,2H3;. The zero-order valence-electron chi connectivity index (χ0n) is 15.5. The molecule has 130 valence electrons. The summed E-state index contributed by atoms with van der Waals surface area (Å²) in [4.78, 5) is 12.7. The number of carbonyl (C=O) groups excluding carboxylic acids is 1. The van der Waals surface area contributed by atoms with Gasteiger partial charge in [-0.3, -0.25) is 0 Å². The average Bonchev–Trinajstić information content (AvgIpc) is 2.53. The summed E-state index contributed by atoms with van der Waals surface area (Å²) in [6.07, 6.45) is 10.4. The van der Waals surface area contributed by atoms with E-state index in [0.717, 1.165) is 6.42 Å². The SMILES string of the molecule is C=CC[CH](C(=O)OCC)[Sn]([CH2]CCC)([CH2]CCC)[CH2]CCC. The molecule has 0 saturated carbocycles. The molecule has 0 N–H and O–H groups in total. The van der Waals surface area contributed by atoms with Gasteiger partial charge in [-0.25, -0.2) is 0 Å². The number of hydrogen-bond acceptors (Lipinski definition) is 2. The van der Waals surface area contributed by atoms with Crippen molar-refractivity contribution in [2.75, 3.05) is 6.61 Å². The normalized spacial score (nSPS) is 12.9. The quantitative estimate of drug-likeness (QED) is 0.187. The Morgan fingerprint density at radius 3 is 1.77 bits per heavy atom. The van der Waals surface area contributed by atoms with E-state index in [9.17, 15) is 4.79 Å². The van der Waals surface area contributed by atoms with Crippen LogP contribution >= 0.6 is 0 Å². The molecule has 0 saturated heterocycles. The van der Waals surface area contributed by atoms with Gasteiger partial charge in [-0.2, -0.15) is 0 Å². The van der Waals surface area contributed by atoms with E-state index in [2.05, 4.69) is 27.4 Å². The number of esters is 1. The van der Waals surface area contributed by atoms with Gasteiger partial charge >= 0.3 is 143 Å². The Balaban J connectivity index is 5.43. The van der Waals surface area contributed by atoms with Crippen LogP contribution in [0.2, 0.25) is 17.2 Å². The van der Waals surface area contributed by atoms with Gasteiger partial charge in [0.15, 0.2) is 0 Å². The second-order valence-corrected chi connectivity index (χ2v) is 20.5. The van der Waals surface area contributed by atoms with E-state index in [1.54, 1.807) is 0 Å². The van der Waals surface area contributed by atoms with Crippen molar-refractivity contribution in [2.24, 2.45) is 0 Å². The van der Waals surface area contributed by atoms with E-state index >= 15 is 0 Å². The third-order valence-corrected chi connectivity index (χ3v) is 21.9. The van der Waals surface area contributed by atoms with Crippen LogP contribution in [-0.4, -0.2) is 31.0 Å². The summed E-state index contributed by atoms with van der Waals surface area (Å²) in [7, 11) is 0. The third kappa shape index (κ3) is 7.52. The molecule has 0 aliphatic carbocycles. The van der Waals surface area contributed by atoms with Crippen molar-refractivity contribution in [3.05, 3.63) is 12.7 Å². The molecule has 0 aromatic rings. The minimum atomic E-state index is -2.55. The summed E-state index contributed by atoms with van der Waals surface area (Å²) < 4.78 is 9.71. The van der Waals surface area contributed by atoms with Crippen molar-refractivity contribution >= 4 is 24.3 Å². The Hall–Kier alpha value is 0.00870. The molecule has 1 unspecified atom stereocenters. The number of hydrogen-bond donors (Lipinski definition) is 0. The third-order valence-electron chi connectivity index (χ3n) is 4.80. The number of rotatable bonds is 14. The Morgan fingerprint density at radius 1 is 1.00 bits per heavy atom. The van der Waals surface area contributed by atoms with Gasteiger partial charge in [0.05, 0.1) is 0 Å². The maximum atomic E-state index is 12.7. The maximum absolute atomic E-state index is 12.7. The molecule has 0 aromatic heterocycles. The summed E-state index contributed by atoms with van der Waals surface area (Å²) in [5.74, 6) is 0.0847.